The Morgan fingerprint density at radius 2 is 2.19 bits per heavy atom. The van der Waals surface area contributed by atoms with Crippen LogP contribution in [0.1, 0.15) is 25.7 Å². The zero-order valence-corrected chi connectivity index (χ0v) is 14.9. The molecule has 3 N–H and O–H groups in total. The van der Waals surface area contributed by atoms with Gasteiger partial charge in [0.1, 0.15) is 0 Å². The fourth-order valence-electron chi connectivity index (χ4n) is 2.79. The summed E-state index contributed by atoms with van der Waals surface area (Å²) in [6, 6.07) is 4.03. The second-order valence-electron chi connectivity index (χ2n) is 6.34. The number of aryl methyl sites for hydroxylation is 1. The molecule has 0 bridgehead atoms. The van der Waals surface area contributed by atoms with Crippen LogP contribution in [-0.4, -0.2) is 28.0 Å². The molecule has 1 atom stereocenters. The first-order valence-electron chi connectivity index (χ1n) is 8.26. The van der Waals surface area contributed by atoms with Gasteiger partial charge < -0.3 is 15.5 Å². The monoisotopic (exact) mass is 384 g/mol. The number of oxazole rings is 1. The van der Waals surface area contributed by atoms with Crippen molar-refractivity contribution in [3.8, 4) is 0 Å². The summed E-state index contributed by atoms with van der Waals surface area (Å²) in [5.41, 5.74) is 6.43. The van der Waals surface area contributed by atoms with Crippen molar-refractivity contribution >= 4 is 35.1 Å². The van der Waals surface area contributed by atoms with Crippen LogP contribution in [0.4, 0.5) is 5.69 Å². The highest BCUT2D eigenvalue weighted by molar-refractivity contribution is 5.85. The summed E-state index contributed by atoms with van der Waals surface area (Å²) in [5, 5.41) is 13.6. The van der Waals surface area contributed by atoms with Gasteiger partial charge in [0.05, 0.1) is 16.5 Å². The minimum atomic E-state index is -0.591. The van der Waals surface area contributed by atoms with Gasteiger partial charge in [-0.15, -0.1) is 12.4 Å². The Morgan fingerprint density at radius 3 is 2.85 bits per heavy atom. The third-order valence-corrected chi connectivity index (χ3v) is 4.41. The highest BCUT2D eigenvalue weighted by atomic mass is 35.5. The van der Waals surface area contributed by atoms with Crippen molar-refractivity contribution in [2.45, 2.75) is 38.3 Å². The lowest BCUT2D eigenvalue weighted by Gasteiger charge is -2.11. The molecule has 0 radical (unpaired) electrons. The van der Waals surface area contributed by atoms with E-state index in [1.165, 1.54) is 22.8 Å². The third kappa shape index (κ3) is 4.61. The molecular formula is C16H21ClN4O5. The summed E-state index contributed by atoms with van der Waals surface area (Å²) >= 11 is 0. The number of halogens is 1. The molecule has 3 rings (SSSR count). The van der Waals surface area contributed by atoms with E-state index in [0.29, 0.717) is 30.9 Å². The van der Waals surface area contributed by atoms with E-state index in [2.05, 4.69) is 5.32 Å². The fourth-order valence-corrected chi connectivity index (χ4v) is 2.79. The molecule has 1 saturated carbocycles. The number of nitrogens with two attached hydrogens (primary N) is 1. The van der Waals surface area contributed by atoms with E-state index < -0.39 is 10.7 Å². The molecule has 1 aliphatic carbocycles. The SMILES string of the molecule is Cl.NC(CNC(=O)CCCn1c(=O)oc2cc([N+](=O)[O-])ccc21)C1CC1. The maximum atomic E-state index is 11.9. The van der Waals surface area contributed by atoms with Crippen LogP contribution in [0.2, 0.25) is 0 Å². The van der Waals surface area contributed by atoms with Crippen LogP contribution in [0.15, 0.2) is 27.4 Å². The number of non-ortho nitro benzene ring substituents is 1. The van der Waals surface area contributed by atoms with E-state index in [-0.39, 0.29) is 42.0 Å². The third-order valence-electron chi connectivity index (χ3n) is 4.41. The average molecular weight is 385 g/mol. The van der Waals surface area contributed by atoms with Gasteiger partial charge in [-0.1, -0.05) is 0 Å². The Labute approximate surface area is 155 Å². The number of benzene rings is 1. The van der Waals surface area contributed by atoms with Gasteiger partial charge in [-0.05, 0) is 31.2 Å². The van der Waals surface area contributed by atoms with Crippen LogP contribution >= 0.6 is 12.4 Å². The van der Waals surface area contributed by atoms with Crippen LogP contribution in [0.5, 0.6) is 0 Å². The second-order valence-corrected chi connectivity index (χ2v) is 6.34. The molecule has 2 aromatic rings. The first kappa shape index (κ1) is 19.9. The molecular weight excluding hydrogens is 364 g/mol. The highest BCUT2D eigenvalue weighted by Crippen LogP contribution is 2.31. The summed E-state index contributed by atoms with van der Waals surface area (Å²) in [4.78, 5) is 34.0. The normalized spacial score (nSPS) is 14.7. The molecule has 10 heteroatoms. The standard InChI is InChI=1S/C16H20N4O5.ClH/c17-12(10-3-4-10)9-18-15(21)2-1-7-19-13-6-5-11(20(23)24)8-14(13)25-16(19)22;/h5-6,8,10,12H,1-4,7,9,17H2,(H,18,21);1H. The van der Waals surface area contributed by atoms with Crippen LogP contribution in [0.25, 0.3) is 11.1 Å². The van der Waals surface area contributed by atoms with Crippen molar-refractivity contribution in [2.24, 2.45) is 11.7 Å². The lowest BCUT2D eigenvalue weighted by molar-refractivity contribution is -0.384. The summed E-state index contributed by atoms with van der Waals surface area (Å²) in [5.74, 6) is -0.167. The predicted octanol–water partition coefficient (Wildman–Crippen LogP) is 1.56. The van der Waals surface area contributed by atoms with E-state index in [1.807, 2.05) is 0 Å². The van der Waals surface area contributed by atoms with E-state index >= 15 is 0 Å². The maximum Gasteiger partial charge on any atom is 0.419 e. The van der Waals surface area contributed by atoms with Crippen LogP contribution in [-0.2, 0) is 11.3 Å². The maximum absolute atomic E-state index is 11.9. The van der Waals surface area contributed by atoms with E-state index in [9.17, 15) is 19.7 Å². The molecule has 0 aliphatic heterocycles. The van der Waals surface area contributed by atoms with Gasteiger partial charge in [-0.2, -0.15) is 0 Å². The Hall–Kier alpha value is -2.39. The zero-order chi connectivity index (χ0) is 18.0. The van der Waals surface area contributed by atoms with E-state index in [4.69, 9.17) is 10.2 Å². The number of nitrogens with one attached hydrogen (secondary N) is 1. The van der Waals surface area contributed by atoms with Gasteiger partial charge in [-0.3, -0.25) is 19.5 Å². The molecule has 142 valence electrons. The van der Waals surface area contributed by atoms with Crippen molar-refractivity contribution < 1.29 is 14.1 Å². The summed E-state index contributed by atoms with van der Waals surface area (Å²) in [7, 11) is 0. The molecule has 1 aromatic heterocycles. The Balaban J connectivity index is 0.00000243. The summed E-state index contributed by atoms with van der Waals surface area (Å²) in [6.07, 6.45) is 2.98. The van der Waals surface area contributed by atoms with Crippen molar-refractivity contribution in [1.29, 1.82) is 0 Å². The molecule has 1 amide bonds. The highest BCUT2D eigenvalue weighted by Gasteiger charge is 2.28. The minimum absolute atomic E-state index is 0. The number of carbonyl (C=O) groups excluding carboxylic acids is 1. The lowest BCUT2D eigenvalue weighted by atomic mass is 10.2. The van der Waals surface area contributed by atoms with Gasteiger partial charge >= 0.3 is 5.76 Å². The van der Waals surface area contributed by atoms with Crippen molar-refractivity contribution in [1.82, 2.24) is 9.88 Å². The van der Waals surface area contributed by atoms with Crippen molar-refractivity contribution in [2.75, 3.05) is 6.54 Å². The Bertz CT molecular complexity index is 858. The van der Waals surface area contributed by atoms with Crippen LogP contribution < -0.4 is 16.8 Å². The zero-order valence-electron chi connectivity index (χ0n) is 14.1. The van der Waals surface area contributed by atoms with Gasteiger partial charge in [-0.25, -0.2) is 4.79 Å². The van der Waals surface area contributed by atoms with E-state index in [0.717, 1.165) is 12.8 Å². The molecule has 1 unspecified atom stereocenters. The number of aromatic nitrogens is 1. The van der Waals surface area contributed by atoms with Gasteiger partial charge in [0, 0.05) is 31.6 Å². The smallest absolute Gasteiger partial charge is 0.407 e. The van der Waals surface area contributed by atoms with Crippen molar-refractivity contribution in [3.63, 3.8) is 0 Å². The predicted molar refractivity (Wildman–Crippen MR) is 97.3 cm³/mol. The van der Waals surface area contributed by atoms with Crippen LogP contribution in [0.3, 0.4) is 0 Å². The lowest BCUT2D eigenvalue weighted by Crippen LogP contribution is -2.38. The molecule has 26 heavy (non-hydrogen) atoms. The number of carbonyl (C=O) groups is 1. The molecule has 1 fully saturated rings. The number of rotatable bonds is 8. The first-order valence-corrected chi connectivity index (χ1v) is 8.26. The molecule has 1 aromatic carbocycles. The summed E-state index contributed by atoms with van der Waals surface area (Å²) < 4.78 is 6.42. The number of nitro groups is 1. The van der Waals surface area contributed by atoms with E-state index in [1.54, 1.807) is 0 Å². The summed E-state index contributed by atoms with van der Waals surface area (Å²) in [6.45, 7) is 0.771. The Kier molecular flexibility index (Phi) is 6.38. The number of hydrogen-bond donors (Lipinski definition) is 2. The van der Waals surface area contributed by atoms with Gasteiger partial charge in [0.15, 0.2) is 5.58 Å². The number of amides is 1. The van der Waals surface area contributed by atoms with Crippen LogP contribution in [0, 0.1) is 16.0 Å². The number of hydrogen-bond acceptors (Lipinski definition) is 6. The molecule has 1 heterocycles. The number of nitro benzene ring substituents is 1. The molecule has 0 saturated heterocycles. The van der Waals surface area contributed by atoms with Gasteiger partial charge in [0.2, 0.25) is 5.91 Å². The molecule has 0 spiro atoms. The first-order chi connectivity index (χ1) is 12.0. The average Bonchev–Trinajstić information content (AvgIpc) is 3.37. The number of fused-ring (bicyclic) bond motifs is 1. The second kappa shape index (κ2) is 8.33. The Morgan fingerprint density at radius 1 is 1.46 bits per heavy atom. The van der Waals surface area contributed by atoms with Gasteiger partial charge in [0.25, 0.3) is 5.69 Å². The minimum Gasteiger partial charge on any atom is -0.407 e. The fraction of sp³-hybridized carbons (Fsp3) is 0.500. The molecule has 9 nitrogen and oxygen atoms in total. The number of nitrogens with zero attached hydrogens (tertiary/aromatic N) is 2. The van der Waals surface area contributed by atoms with Crippen molar-refractivity contribution in [3.05, 3.63) is 38.9 Å². The largest absolute Gasteiger partial charge is 0.419 e. The topological polar surface area (TPSA) is 133 Å². The molecule has 1 aliphatic rings. The quantitative estimate of drug-likeness (QED) is 0.524.